The van der Waals surface area contributed by atoms with Gasteiger partial charge >= 0.3 is 9.29 Å². The molecule has 0 aromatic carbocycles. The van der Waals surface area contributed by atoms with Gasteiger partial charge in [0.05, 0.1) is 0 Å². The van der Waals surface area contributed by atoms with Crippen LogP contribution in [0.4, 0.5) is 0 Å². The molecule has 5 heteroatoms. The molecule has 0 aromatic rings. The van der Waals surface area contributed by atoms with Gasteiger partial charge in [0.25, 0.3) is 0 Å². The van der Waals surface area contributed by atoms with Gasteiger partial charge < -0.3 is 4.80 Å². The van der Waals surface area contributed by atoms with Crippen LogP contribution in [0.15, 0.2) is 0 Å². The lowest BCUT2D eigenvalue weighted by Crippen LogP contribution is -1.34. The van der Waals surface area contributed by atoms with E-state index in [0.29, 0.717) is 10.5 Å². The molecule has 0 saturated carbocycles. The van der Waals surface area contributed by atoms with Crippen LogP contribution in [-0.2, 0) is 8.92 Å². The molecule has 0 atom stereocenters. The van der Waals surface area contributed by atoms with Crippen molar-refractivity contribution in [1.82, 2.24) is 0 Å². The highest BCUT2D eigenvalue weighted by Crippen LogP contribution is 0.759. The fourth-order valence-corrected chi connectivity index (χ4v) is 0. The van der Waals surface area contributed by atoms with Crippen molar-refractivity contribution >= 4 is 19.8 Å². The maximum absolute atomic E-state index is 8.40. The zero-order valence-corrected chi connectivity index (χ0v) is 5.76. The predicted molar refractivity (Wildman–Crippen MR) is 19.3 cm³/mol. The quantitative estimate of drug-likeness (QED) is 0.353. The minimum absolute atomic E-state index is 0.306. The second-order valence-electron chi connectivity index (χ2n) is 0.0833. The Balaban J connectivity index is 0. The topological polar surface area (TPSA) is 54.4 Å². The molecule has 0 aliphatic carbocycles. The molecule has 0 radical (unpaired) electrons. The van der Waals surface area contributed by atoms with E-state index in [1.54, 1.807) is 0 Å². The van der Waals surface area contributed by atoms with Gasteiger partial charge in [0.2, 0.25) is 0 Å². The standard InChI is InChI=1S/O2Si.H4OSi/c1-3-2;1-2/h;1H,2H3. The third-order valence-corrected chi connectivity index (χ3v) is 0. The molecule has 0 fully saturated rings. The fourth-order valence-electron chi connectivity index (χ4n) is 0. The second kappa shape index (κ2) is 36.2. The molecule has 30 valence electrons. The molecule has 0 unspecified atom stereocenters. The molecule has 1 N–H and O–H groups in total. The first-order valence-corrected chi connectivity index (χ1v) is 2.57. The Labute approximate surface area is 34.5 Å². The summed E-state index contributed by atoms with van der Waals surface area (Å²) in [5.41, 5.74) is 0. The molecular formula is H4O3Si2. The lowest BCUT2D eigenvalue weighted by Gasteiger charge is -1.19. The van der Waals surface area contributed by atoms with E-state index < -0.39 is 9.29 Å². The third-order valence-electron chi connectivity index (χ3n) is 0. The van der Waals surface area contributed by atoms with Crippen LogP contribution in [-0.4, -0.2) is 24.6 Å². The SMILES string of the molecule is O=[Si]=O.O[SiH3]. The van der Waals surface area contributed by atoms with Crippen molar-refractivity contribution in [2.75, 3.05) is 0 Å². The van der Waals surface area contributed by atoms with Gasteiger partial charge in [-0.25, -0.2) is 0 Å². The molecule has 0 heterocycles. The Hall–Kier alpha value is -0.00623. The van der Waals surface area contributed by atoms with Crippen LogP contribution < -0.4 is 0 Å². The van der Waals surface area contributed by atoms with E-state index in [9.17, 15) is 0 Å². The van der Waals surface area contributed by atoms with E-state index in [0.717, 1.165) is 0 Å². The molecule has 0 spiro atoms. The number of rotatable bonds is 0. The third kappa shape index (κ3) is 409000. The van der Waals surface area contributed by atoms with Gasteiger partial charge in [0, 0.05) is 0 Å². The summed E-state index contributed by atoms with van der Waals surface area (Å²) in [7, 11) is -1.11. The first-order chi connectivity index (χ1) is 2.41. The molecule has 0 saturated heterocycles. The van der Waals surface area contributed by atoms with Crippen molar-refractivity contribution < 1.29 is 13.7 Å². The lowest BCUT2D eigenvalue weighted by atomic mass is 15.9. The molecule has 0 aliphatic rings. The minimum Gasteiger partial charge on any atom is -0.442 e. The van der Waals surface area contributed by atoms with Crippen LogP contribution in [0.25, 0.3) is 0 Å². The number of hydrogen-bond acceptors (Lipinski definition) is 3. The van der Waals surface area contributed by atoms with E-state index in [1.165, 1.54) is 0 Å². The highest BCUT2D eigenvalue weighted by Gasteiger charge is 1.22. The Morgan fingerprint density at radius 2 is 1.40 bits per heavy atom. The van der Waals surface area contributed by atoms with Crippen molar-refractivity contribution in [2.45, 2.75) is 0 Å². The summed E-state index contributed by atoms with van der Waals surface area (Å²) < 4.78 is 16.8. The summed E-state index contributed by atoms with van der Waals surface area (Å²) >= 11 is 0. The smallest absolute Gasteiger partial charge is 0.442 e. The summed E-state index contributed by atoms with van der Waals surface area (Å²) in [5, 5.41) is 0. The van der Waals surface area contributed by atoms with E-state index in [-0.39, 0.29) is 0 Å². The molecule has 3 nitrogen and oxygen atoms in total. The van der Waals surface area contributed by atoms with Crippen molar-refractivity contribution in [2.24, 2.45) is 0 Å². The summed E-state index contributed by atoms with van der Waals surface area (Å²) in [6.07, 6.45) is 0. The first kappa shape index (κ1) is 8.89. The number of hydrogen-bond donors (Lipinski definition) is 1. The van der Waals surface area contributed by atoms with Gasteiger partial charge in [0.1, 0.15) is 10.5 Å². The van der Waals surface area contributed by atoms with Crippen LogP contribution in [0, 0.1) is 0 Å². The zero-order valence-electron chi connectivity index (χ0n) is 2.76. The lowest BCUT2D eigenvalue weighted by molar-refractivity contribution is 0.497. The molecule has 0 amide bonds. The summed E-state index contributed by atoms with van der Waals surface area (Å²) in [5.74, 6) is 0. The summed E-state index contributed by atoms with van der Waals surface area (Å²) in [6, 6.07) is 0. The Kier molecular flexibility index (Phi) is 64.4. The van der Waals surface area contributed by atoms with Crippen molar-refractivity contribution in [3.63, 3.8) is 0 Å². The van der Waals surface area contributed by atoms with Gasteiger partial charge in [-0.2, -0.15) is 0 Å². The fraction of sp³-hybridized carbons (Fsp3) is 0. The minimum atomic E-state index is -1.42. The van der Waals surface area contributed by atoms with Crippen molar-refractivity contribution in [3.8, 4) is 0 Å². The maximum atomic E-state index is 8.40. The average molecular weight is 108 g/mol. The van der Waals surface area contributed by atoms with Crippen LogP contribution in [0.2, 0.25) is 0 Å². The molecule has 0 bridgehead atoms. The van der Waals surface area contributed by atoms with Gasteiger partial charge in [-0.3, -0.25) is 8.92 Å². The van der Waals surface area contributed by atoms with Gasteiger partial charge in [-0.1, -0.05) is 0 Å². The van der Waals surface area contributed by atoms with E-state index >= 15 is 0 Å². The predicted octanol–water partition coefficient (Wildman–Crippen LogP) is -2.36. The van der Waals surface area contributed by atoms with Crippen LogP contribution in [0.1, 0.15) is 0 Å². The van der Waals surface area contributed by atoms with Gasteiger partial charge in [-0.05, 0) is 0 Å². The molecule has 0 aromatic heterocycles. The largest absolute Gasteiger partial charge is 0.549 e. The zero-order chi connectivity index (χ0) is 4.71. The maximum Gasteiger partial charge on any atom is 0.549 e. The summed E-state index contributed by atoms with van der Waals surface area (Å²) in [4.78, 5) is 7.14. The molecular weight excluding hydrogens is 104 g/mol. The van der Waals surface area contributed by atoms with Crippen molar-refractivity contribution in [3.05, 3.63) is 0 Å². The highest BCUT2D eigenvalue weighted by atomic mass is 28.2. The van der Waals surface area contributed by atoms with Gasteiger partial charge in [-0.15, -0.1) is 0 Å². The van der Waals surface area contributed by atoms with E-state index in [1.807, 2.05) is 0 Å². The molecule has 0 rings (SSSR count). The van der Waals surface area contributed by atoms with Crippen LogP contribution >= 0.6 is 0 Å². The second-order valence-corrected chi connectivity index (χ2v) is 0.250. The van der Waals surface area contributed by atoms with Gasteiger partial charge in [0.15, 0.2) is 0 Å². The Morgan fingerprint density at radius 1 is 1.40 bits per heavy atom. The normalized spacial score (nSPS) is 3.40. The monoisotopic (exact) mass is 108 g/mol. The van der Waals surface area contributed by atoms with E-state index in [4.69, 9.17) is 13.7 Å². The molecule has 5 heavy (non-hydrogen) atoms. The van der Waals surface area contributed by atoms with Crippen LogP contribution in [0.5, 0.6) is 0 Å². The Morgan fingerprint density at radius 3 is 1.40 bits per heavy atom. The molecule has 0 aliphatic heterocycles. The first-order valence-electron chi connectivity index (χ1n) is 0.855. The highest BCUT2D eigenvalue weighted by molar-refractivity contribution is 5.95. The average Bonchev–Trinajstić information content (AvgIpc) is 1.46. The summed E-state index contributed by atoms with van der Waals surface area (Å²) in [6.45, 7) is 0. The Bertz CT molecular complexity index is 25.9. The van der Waals surface area contributed by atoms with Crippen molar-refractivity contribution in [1.29, 1.82) is 0 Å². The van der Waals surface area contributed by atoms with Crippen LogP contribution in [0.3, 0.4) is 0 Å². The van der Waals surface area contributed by atoms with E-state index in [2.05, 4.69) is 0 Å².